The van der Waals surface area contributed by atoms with Crippen molar-refractivity contribution >= 4 is 11.9 Å². The lowest BCUT2D eigenvalue weighted by Crippen LogP contribution is -2.43. The van der Waals surface area contributed by atoms with Crippen molar-refractivity contribution in [3.63, 3.8) is 0 Å². The van der Waals surface area contributed by atoms with Gasteiger partial charge in [-0.2, -0.15) is 13.2 Å². The Morgan fingerprint density at radius 2 is 1.70 bits per heavy atom. The summed E-state index contributed by atoms with van der Waals surface area (Å²) < 4.78 is 69.3. The number of hydrogen-bond acceptors (Lipinski definition) is 3. The van der Waals surface area contributed by atoms with E-state index in [4.69, 9.17) is 0 Å². The Hall–Kier alpha value is -2.97. The van der Waals surface area contributed by atoms with Crippen LogP contribution in [0.1, 0.15) is 21.5 Å². The fraction of sp³-hybridized carbons (Fsp3) is 0.222. The van der Waals surface area contributed by atoms with E-state index in [9.17, 15) is 31.5 Å². The lowest BCUT2D eigenvalue weighted by molar-refractivity contribution is -0.143. The summed E-state index contributed by atoms with van der Waals surface area (Å²) in [5.74, 6) is -4.57. The number of esters is 1. The SMILES string of the molecule is COC(=O)[C@H](Cc1ccc(C(F)(F)F)cc1)NC(=O)c1cccc(F)c1F. The molecule has 27 heavy (non-hydrogen) atoms. The maximum Gasteiger partial charge on any atom is 0.416 e. The van der Waals surface area contributed by atoms with Crippen molar-refractivity contribution in [2.24, 2.45) is 0 Å². The van der Waals surface area contributed by atoms with Gasteiger partial charge in [0.2, 0.25) is 0 Å². The van der Waals surface area contributed by atoms with Crippen molar-refractivity contribution in [3.8, 4) is 0 Å². The van der Waals surface area contributed by atoms with E-state index < -0.39 is 46.9 Å². The van der Waals surface area contributed by atoms with Crippen LogP contribution in [0, 0.1) is 11.6 Å². The van der Waals surface area contributed by atoms with Crippen molar-refractivity contribution in [1.82, 2.24) is 5.32 Å². The Kier molecular flexibility index (Phi) is 6.14. The van der Waals surface area contributed by atoms with E-state index in [1.807, 2.05) is 0 Å². The summed E-state index contributed by atoms with van der Waals surface area (Å²) >= 11 is 0. The smallest absolute Gasteiger partial charge is 0.416 e. The molecule has 1 N–H and O–H groups in total. The second-order valence-corrected chi connectivity index (χ2v) is 5.55. The predicted octanol–water partition coefficient (Wildman–Crippen LogP) is 3.50. The molecule has 2 aromatic rings. The molecule has 0 radical (unpaired) electrons. The van der Waals surface area contributed by atoms with Crippen LogP contribution in [-0.4, -0.2) is 25.0 Å². The number of methoxy groups -OCH3 is 1. The van der Waals surface area contributed by atoms with Crippen LogP contribution < -0.4 is 5.32 Å². The number of hydrogen-bond donors (Lipinski definition) is 1. The summed E-state index contributed by atoms with van der Waals surface area (Å²) in [6.07, 6.45) is -4.71. The second-order valence-electron chi connectivity index (χ2n) is 5.55. The summed E-state index contributed by atoms with van der Waals surface area (Å²) in [7, 11) is 1.05. The molecular formula is C18H14F5NO3. The van der Waals surface area contributed by atoms with E-state index in [0.29, 0.717) is 5.56 Å². The van der Waals surface area contributed by atoms with Crippen LogP contribution in [0.3, 0.4) is 0 Å². The Morgan fingerprint density at radius 1 is 1.07 bits per heavy atom. The molecular weight excluding hydrogens is 373 g/mol. The van der Waals surface area contributed by atoms with Gasteiger partial charge in [-0.1, -0.05) is 18.2 Å². The molecule has 0 saturated carbocycles. The zero-order valence-electron chi connectivity index (χ0n) is 13.9. The third-order valence-electron chi connectivity index (χ3n) is 3.71. The number of halogens is 5. The highest BCUT2D eigenvalue weighted by atomic mass is 19.4. The minimum absolute atomic E-state index is 0.201. The van der Waals surface area contributed by atoms with Crippen LogP contribution in [0.2, 0.25) is 0 Å². The Labute approximate surface area is 150 Å². The molecule has 0 fully saturated rings. The van der Waals surface area contributed by atoms with E-state index in [2.05, 4.69) is 10.1 Å². The van der Waals surface area contributed by atoms with Gasteiger partial charge in [-0.15, -0.1) is 0 Å². The van der Waals surface area contributed by atoms with Gasteiger partial charge < -0.3 is 10.1 Å². The Morgan fingerprint density at radius 3 is 2.26 bits per heavy atom. The van der Waals surface area contributed by atoms with E-state index in [1.165, 1.54) is 0 Å². The van der Waals surface area contributed by atoms with Crippen LogP contribution in [0.25, 0.3) is 0 Å². The van der Waals surface area contributed by atoms with Gasteiger partial charge in [0.25, 0.3) is 5.91 Å². The molecule has 0 spiro atoms. The average molecular weight is 387 g/mol. The van der Waals surface area contributed by atoms with Gasteiger partial charge in [-0.3, -0.25) is 4.79 Å². The molecule has 0 unspecified atom stereocenters. The third-order valence-corrected chi connectivity index (χ3v) is 3.71. The average Bonchev–Trinajstić information content (AvgIpc) is 2.62. The maximum atomic E-state index is 13.7. The number of amides is 1. The maximum absolute atomic E-state index is 13.7. The molecule has 4 nitrogen and oxygen atoms in total. The highest BCUT2D eigenvalue weighted by Gasteiger charge is 2.30. The monoisotopic (exact) mass is 387 g/mol. The molecule has 144 valence electrons. The number of nitrogens with one attached hydrogen (secondary N) is 1. The van der Waals surface area contributed by atoms with E-state index in [1.54, 1.807) is 0 Å². The number of ether oxygens (including phenoxy) is 1. The van der Waals surface area contributed by atoms with Crippen molar-refractivity contribution in [2.75, 3.05) is 7.11 Å². The lowest BCUT2D eigenvalue weighted by Gasteiger charge is -2.17. The zero-order chi connectivity index (χ0) is 20.2. The Bertz CT molecular complexity index is 834. The topological polar surface area (TPSA) is 55.4 Å². The highest BCUT2D eigenvalue weighted by Crippen LogP contribution is 2.29. The lowest BCUT2D eigenvalue weighted by atomic mass is 10.0. The first kappa shape index (κ1) is 20.3. The minimum Gasteiger partial charge on any atom is -0.467 e. The second kappa shape index (κ2) is 8.15. The van der Waals surface area contributed by atoms with Gasteiger partial charge >= 0.3 is 12.1 Å². The molecule has 1 atom stereocenters. The molecule has 0 bridgehead atoms. The molecule has 2 rings (SSSR count). The molecule has 0 aliphatic heterocycles. The highest BCUT2D eigenvalue weighted by molar-refractivity contribution is 5.97. The summed E-state index contributed by atoms with van der Waals surface area (Å²) in [6.45, 7) is 0. The molecule has 0 saturated heterocycles. The summed E-state index contributed by atoms with van der Waals surface area (Å²) in [5.41, 5.74) is -1.18. The van der Waals surface area contributed by atoms with E-state index in [0.717, 1.165) is 49.6 Å². The molecule has 1 amide bonds. The number of rotatable bonds is 5. The van der Waals surface area contributed by atoms with Gasteiger partial charge in [0.05, 0.1) is 18.2 Å². The van der Waals surface area contributed by atoms with Crippen LogP contribution in [0.5, 0.6) is 0 Å². The van der Waals surface area contributed by atoms with E-state index in [-0.39, 0.29) is 6.42 Å². The standard InChI is InChI=1S/C18H14F5NO3/c1-27-17(26)14(9-10-5-7-11(8-6-10)18(21,22)23)24-16(25)12-3-2-4-13(19)15(12)20/h2-8,14H,9H2,1H3,(H,24,25)/t14-/m0/s1. The molecule has 0 aliphatic carbocycles. The number of alkyl halides is 3. The van der Waals surface area contributed by atoms with Gasteiger partial charge in [-0.05, 0) is 29.8 Å². The van der Waals surface area contributed by atoms with Crippen LogP contribution in [0.4, 0.5) is 22.0 Å². The quantitative estimate of drug-likeness (QED) is 0.631. The largest absolute Gasteiger partial charge is 0.467 e. The fourth-order valence-electron chi connectivity index (χ4n) is 2.32. The normalized spacial score (nSPS) is 12.4. The third kappa shape index (κ3) is 5.02. The summed E-state index contributed by atoms with van der Waals surface area (Å²) in [6, 6.07) is 5.63. The van der Waals surface area contributed by atoms with Gasteiger partial charge in [0, 0.05) is 6.42 Å². The van der Waals surface area contributed by atoms with Gasteiger partial charge in [-0.25, -0.2) is 13.6 Å². The number of carbonyl (C=O) groups excluding carboxylic acids is 2. The molecule has 9 heteroatoms. The van der Waals surface area contributed by atoms with Crippen LogP contribution in [-0.2, 0) is 22.1 Å². The number of carbonyl (C=O) groups is 2. The first-order chi connectivity index (χ1) is 12.6. The van der Waals surface area contributed by atoms with Gasteiger partial charge in [0.1, 0.15) is 6.04 Å². The van der Waals surface area contributed by atoms with Crippen LogP contribution >= 0.6 is 0 Å². The molecule has 2 aromatic carbocycles. The van der Waals surface area contributed by atoms with Crippen molar-refractivity contribution < 1.29 is 36.3 Å². The summed E-state index contributed by atoms with van der Waals surface area (Å²) in [5, 5.41) is 2.20. The molecule has 0 aromatic heterocycles. The first-order valence-electron chi connectivity index (χ1n) is 7.62. The van der Waals surface area contributed by atoms with Crippen molar-refractivity contribution in [2.45, 2.75) is 18.6 Å². The minimum atomic E-state index is -4.51. The number of benzene rings is 2. The van der Waals surface area contributed by atoms with Gasteiger partial charge in [0.15, 0.2) is 11.6 Å². The van der Waals surface area contributed by atoms with Crippen molar-refractivity contribution in [3.05, 3.63) is 70.8 Å². The molecule has 0 aliphatic rings. The predicted molar refractivity (Wildman–Crippen MR) is 84.8 cm³/mol. The summed E-state index contributed by atoms with van der Waals surface area (Å²) in [4.78, 5) is 24.0. The molecule has 0 heterocycles. The van der Waals surface area contributed by atoms with E-state index >= 15 is 0 Å². The zero-order valence-corrected chi connectivity index (χ0v) is 13.9. The van der Waals surface area contributed by atoms with Crippen LogP contribution in [0.15, 0.2) is 42.5 Å². The van der Waals surface area contributed by atoms with Crippen molar-refractivity contribution in [1.29, 1.82) is 0 Å². The fourth-order valence-corrected chi connectivity index (χ4v) is 2.32. The first-order valence-corrected chi connectivity index (χ1v) is 7.62. The Balaban J connectivity index is 2.19.